The molecular weight excluding hydrogens is 346 g/mol. The molecule has 0 amide bonds. The van der Waals surface area contributed by atoms with Crippen LogP contribution in [0.2, 0.25) is 0 Å². The largest absolute Gasteiger partial charge is 0.343 e. The molecule has 0 bridgehead atoms. The summed E-state index contributed by atoms with van der Waals surface area (Å²) in [6.07, 6.45) is 6.94. The van der Waals surface area contributed by atoms with E-state index in [1.807, 2.05) is 0 Å². The zero-order chi connectivity index (χ0) is 6.69. The van der Waals surface area contributed by atoms with E-state index in [1.54, 1.807) is 0 Å². The van der Waals surface area contributed by atoms with Crippen LogP contribution >= 0.6 is 0 Å². The smallest absolute Gasteiger partial charge is 0 e. The van der Waals surface area contributed by atoms with E-state index in [2.05, 4.69) is 13.8 Å². The molecular formula is C9H17U-. The predicted molar refractivity (Wildman–Crippen MR) is 41.1 cm³/mol. The molecule has 0 aromatic heterocycles. The molecule has 1 rings (SSSR count). The van der Waals surface area contributed by atoms with E-state index in [9.17, 15) is 0 Å². The van der Waals surface area contributed by atoms with Gasteiger partial charge in [-0.15, -0.1) is 0 Å². The molecule has 0 spiro atoms. The first-order valence-corrected chi connectivity index (χ1v) is 4.14. The van der Waals surface area contributed by atoms with Crippen molar-refractivity contribution in [3.05, 3.63) is 6.92 Å². The van der Waals surface area contributed by atoms with Crippen molar-refractivity contribution in [3.63, 3.8) is 0 Å². The summed E-state index contributed by atoms with van der Waals surface area (Å²) in [6.45, 7) is 6.33. The van der Waals surface area contributed by atoms with Crippen molar-refractivity contribution in [1.29, 1.82) is 0 Å². The second-order valence-corrected chi connectivity index (χ2v) is 3.31. The Morgan fingerprint density at radius 1 is 1.30 bits per heavy atom. The van der Waals surface area contributed by atoms with Crippen molar-refractivity contribution in [2.75, 3.05) is 0 Å². The summed E-state index contributed by atoms with van der Waals surface area (Å²) in [4.78, 5) is 0. The van der Waals surface area contributed by atoms with E-state index in [0.717, 1.165) is 18.3 Å². The van der Waals surface area contributed by atoms with Crippen molar-refractivity contribution in [2.45, 2.75) is 39.0 Å². The van der Waals surface area contributed by atoms with Crippen molar-refractivity contribution in [2.24, 2.45) is 11.8 Å². The van der Waals surface area contributed by atoms with E-state index in [1.165, 1.54) is 25.7 Å². The van der Waals surface area contributed by atoms with Gasteiger partial charge in [0, 0.05) is 31.1 Å². The molecule has 0 aromatic rings. The van der Waals surface area contributed by atoms with Gasteiger partial charge in [-0.25, -0.2) is 0 Å². The maximum atomic E-state index is 3.96. The van der Waals surface area contributed by atoms with Gasteiger partial charge in [0.05, 0.1) is 0 Å². The molecule has 0 saturated heterocycles. The van der Waals surface area contributed by atoms with Crippen LogP contribution in [0.4, 0.5) is 0 Å². The molecule has 1 heteroatoms. The molecule has 1 aliphatic carbocycles. The predicted octanol–water partition coefficient (Wildman–Crippen LogP) is 3.04. The number of hydrogen-bond acceptors (Lipinski definition) is 0. The molecule has 0 radical (unpaired) electrons. The van der Waals surface area contributed by atoms with Gasteiger partial charge in [0.15, 0.2) is 0 Å². The van der Waals surface area contributed by atoms with E-state index in [0.29, 0.717) is 0 Å². The van der Waals surface area contributed by atoms with Crippen LogP contribution < -0.4 is 0 Å². The van der Waals surface area contributed by atoms with Crippen molar-refractivity contribution < 1.29 is 31.1 Å². The molecule has 2 unspecified atom stereocenters. The molecule has 10 heavy (non-hydrogen) atoms. The van der Waals surface area contributed by atoms with Crippen LogP contribution in [0.3, 0.4) is 0 Å². The van der Waals surface area contributed by atoms with Crippen molar-refractivity contribution >= 4 is 0 Å². The maximum absolute atomic E-state index is 3.96. The van der Waals surface area contributed by atoms with Crippen LogP contribution in [0.5, 0.6) is 0 Å². The normalized spacial score (nSPS) is 33.0. The van der Waals surface area contributed by atoms with Gasteiger partial charge in [-0.05, 0) is 5.92 Å². The summed E-state index contributed by atoms with van der Waals surface area (Å²) in [5.41, 5.74) is 0. The fourth-order valence-electron chi connectivity index (χ4n) is 1.82. The first-order chi connectivity index (χ1) is 4.34. The molecule has 1 fully saturated rings. The van der Waals surface area contributed by atoms with E-state index in [4.69, 9.17) is 0 Å². The molecule has 1 saturated carbocycles. The molecule has 2 atom stereocenters. The quantitative estimate of drug-likeness (QED) is 0.629. The van der Waals surface area contributed by atoms with Gasteiger partial charge in [0.2, 0.25) is 0 Å². The summed E-state index contributed by atoms with van der Waals surface area (Å²) in [7, 11) is 0. The third-order valence-electron chi connectivity index (χ3n) is 2.66. The standard InChI is InChI=1S/C9H17.U/c1-3-9-7-5-4-6-8(9)2;/h8-9H,1,3-7H2,2H3;/q-1;. The van der Waals surface area contributed by atoms with E-state index < -0.39 is 0 Å². The Kier molecular flexibility index (Phi) is 6.27. The van der Waals surface area contributed by atoms with Crippen molar-refractivity contribution in [1.82, 2.24) is 0 Å². The second kappa shape index (κ2) is 5.67. The molecule has 58 valence electrons. The second-order valence-electron chi connectivity index (χ2n) is 3.31. The van der Waals surface area contributed by atoms with Crippen LogP contribution in [0.25, 0.3) is 0 Å². The average molecular weight is 363 g/mol. The van der Waals surface area contributed by atoms with Crippen LogP contribution in [0.1, 0.15) is 39.0 Å². The first kappa shape index (κ1) is 11.1. The van der Waals surface area contributed by atoms with Gasteiger partial charge < -0.3 is 6.92 Å². The molecule has 0 heterocycles. The summed E-state index contributed by atoms with van der Waals surface area (Å²) >= 11 is 0. The minimum atomic E-state index is 0. The van der Waals surface area contributed by atoms with Crippen LogP contribution in [-0.2, 0) is 0 Å². The Hall–Kier alpha value is 1.05. The summed E-state index contributed by atoms with van der Waals surface area (Å²) in [6, 6.07) is 0. The van der Waals surface area contributed by atoms with Gasteiger partial charge in [-0.1, -0.05) is 38.5 Å². The fraction of sp³-hybridized carbons (Fsp3) is 0.889. The summed E-state index contributed by atoms with van der Waals surface area (Å²) in [5.74, 6) is 1.90. The summed E-state index contributed by atoms with van der Waals surface area (Å²) < 4.78 is 0. The third kappa shape index (κ3) is 2.97. The molecule has 0 aliphatic heterocycles. The number of rotatable bonds is 1. The molecule has 0 nitrogen and oxygen atoms in total. The first-order valence-electron chi connectivity index (χ1n) is 4.14. The third-order valence-corrected chi connectivity index (χ3v) is 2.66. The van der Waals surface area contributed by atoms with E-state index in [-0.39, 0.29) is 31.1 Å². The van der Waals surface area contributed by atoms with E-state index >= 15 is 0 Å². The molecule has 0 N–H and O–H groups in total. The Morgan fingerprint density at radius 2 is 1.90 bits per heavy atom. The van der Waals surface area contributed by atoms with Gasteiger partial charge in [-0.2, -0.15) is 6.42 Å². The fourth-order valence-corrected chi connectivity index (χ4v) is 1.82. The zero-order valence-electron chi connectivity index (χ0n) is 6.90. The number of hydrogen-bond donors (Lipinski definition) is 0. The monoisotopic (exact) mass is 363 g/mol. The molecule has 0 aromatic carbocycles. The Bertz CT molecular complexity index is 80.8. The summed E-state index contributed by atoms with van der Waals surface area (Å²) in [5, 5.41) is 0. The Morgan fingerprint density at radius 3 is 2.30 bits per heavy atom. The van der Waals surface area contributed by atoms with Crippen LogP contribution in [0, 0.1) is 49.9 Å². The van der Waals surface area contributed by atoms with Gasteiger partial charge >= 0.3 is 0 Å². The SMILES string of the molecule is [CH2-]CC1CCCCC1C.[U]. The van der Waals surface area contributed by atoms with Crippen LogP contribution in [-0.4, -0.2) is 0 Å². The van der Waals surface area contributed by atoms with Crippen LogP contribution in [0.15, 0.2) is 0 Å². The van der Waals surface area contributed by atoms with Crippen molar-refractivity contribution in [3.8, 4) is 0 Å². The van der Waals surface area contributed by atoms with Gasteiger partial charge in [-0.3, -0.25) is 0 Å². The maximum Gasteiger partial charge on any atom is 0 e. The van der Waals surface area contributed by atoms with Gasteiger partial charge in [0.25, 0.3) is 0 Å². The zero-order valence-corrected chi connectivity index (χ0v) is 11.1. The van der Waals surface area contributed by atoms with Gasteiger partial charge in [0.1, 0.15) is 0 Å². The average Bonchev–Trinajstić information content (AvgIpc) is 1.89. The minimum Gasteiger partial charge on any atom is -0.343 e. The Labute approximate surface area is 88.5 Å². The minimum absolute atomic E-state index is 0. The Balaban J connectivity index is 0.000000810. The topological polar surface area (TPSA) is 0 Å². The molecule has 1 aliphatic rings.